The van der Waals surface area contributed by atoms with E-state index in [0.717, 1.165) is 89.9 Å². The molecule has 2 unspecified atom stereocenters. The summed E-state index contributed by atoms with van der Waals surface area (Å²) in [5.74, 6) is -0.159. The van der Waals surface area contributed by atoms with Crippen LogP contribution in [-0.4, -0.2) is 47.4 Å². The van der Waals surface area contributed by atoms with Crippen molar-refractivity contribution in [3.63, 3.8) is 0 Å². The van der Waals surface area contributed by atoms with Crippen molar-refractivity contribution in [3.8, 4) is 0 Å². The summed E-state index contributed by atoms with van der Waals surface area (Å²) in [6.45, 7) is 4.77. The molecule has 0 saturated heterocycles. The highest BCUT2D eigenvalue weighted by atomic mass is 16.5. The number of aliphatic hydroxyl groups excluding tert-OH is 2. The first-order valence-electron chi connectivity index (χ1n) is 25.4. The first-order chi connectivity index (χ1) is 29.0. The van der Waals surface area contributed by atoms with Gasteiger partial charge in [-0.05, 0) is 89.9 Å². The third-order valence-electron chi connectivity index (χ3n) is 11.3. The summed E-state index contributed by atoms with van der Waals surface area (Å²) in [6.07, 6.45) is 59.6. The lowest BCUT2D eigenvalue weighted by Gasteiger charge is -2.20. The summed E-state index contributed by atoms with van der Waals surface area (Å²) < 4.78 is 5.42. The fourth-order valence-electron chi connectivity index (χ4n) is 7.36. The molecule has 0 saturated carbocycles. The monoisotopic (exact) mass is 828 g/mol. The number of carbonyl (C=O) groups excluding carboxylic acids is 2. The Kier molecular flexibility index (Phi) is 46.7. The number of amides is 1. The van der Waals surface area contributed by atoms with Crippen molar-refractivity contribution in [1.82, 2.24) is 5.32 Å². The van der Waals surface area contributed by atoms with Gasteiger partial charge in [0.1, 0.15) is 0 Å². The zero-order valence-electron chi connectivity index (χ0n) is 39.0. The maximum atomic E-state index is 12.4. The average Bonchev–Trinajstić information content (AvgIpc) is 3.24. The number of hydrogen-bond acceptors (Lipinski definition) is 5. The molecule has 0 radical (unpaired) electrons. The van der Waals surface area contributed by atoms with E-state index in [0.29, 0.717) is 19.4 Å². The van der Waals surface area contributed by atoms with Gasteiger partial charge in [-0.2, -0.15) is 0 Å². The summed E-state index contributed by atoms with van der Waals surface area (Å²) >= 11 is 0. The topological polar surface area (TPSA) is 95.9 Å². The molecule has 0 aromatic heterocycles. The van der Waals surface area contributed by atoms with Crippen molar-refractivity contribution < 1.29 is 24.5 Å². The third-order valence-corrected chi connectivity index (χ3v) is 11.3. The minimum atomic E-state index is -0.868. The van der Waals surface area contributed by atoms with Crippen LogP contribution in [0.25, 0.3) is 0 Å². The molecule has 0 spiro atoms. The molecule has 0 bridgehead atoms. The van der Waals surface area contributed by atoms with Crippen molar-refractivity contribution in [3.05, 3.63) is 48.6 Å². The van der Waals surface area contributed by atoms with Gasteiger partial charge in [0.05, 0.1) is 25.4 Å². The van der Waals surface area contributed by atoms with Gasteiger partial charge < -0.3 is 20.3 Å². The van der Waals surface area contributed by atoms with Crippen LogP contribution in [0.1, 0.15) is 251 Å². The lowest BCUT2D eigenvalue weighted by Crippen LogP contribution is -2.45. The fraction of sp³-hybridized carbons (Fsp3) is 0.811. The van der Waals surface area contributed by atoms with Crippen LogP contribution in [0.5, 0.6) is 0 Å². The number of carbonyl (C=O) groups is 2. The molecule has 1 amide bonds. The Bertz CT molecular complexity index is 1000. The van der Waals surface area contributed by atoms with E-state index in [1.54, 1.807) is 6.08 Å². The summed E-state index contributed by atoms with van der Waals surface area (Å²) in [4.78, 5) is 24.4. The standard InChI is InChI=1S/C53H97NO5/c1-3-5-7-9-11-13-15-17-19-20-22-23-25-29-33-37-41-45-51(56)50(49-55)54-52(57)46-42-38-34-30-27-28-32-36-40-44-48-59-53(58)47-43-39-35-31-26-24-21-18-16-14-12-10-8-6-4-2/h12,14,18,21,28,32,41,45,50-51,55-56H,3-11,13,15-17,19-20,22-27,29-31,33-40,42-44,46-49H2,1-2H3,(H,54,57)/b14-12-,21-18-,32-28-,45-41+. The van der Waals surface area contributed by atoms with Crippen LogP contribution in [-0.2, 0) is 14.3 Å². The fourth-order valence-corrected chi connectivity index (χ4v) is 7.36. The van der Waals surface area contributed by atoms with Crippen LogP contribution in [0.3, 0.4) is 0 Å². The van der Waals surface area contributed by atoms with Gasteiger partial charge in [-0.3, -0.25) is 9.59 Å². The minimum absolute atomic E-state index is 0.0532. The molecule has 0 heterocycles. The highest BCUT2D eigenvalue weighted by molar-refractivity contribution is 5.76. The molecule has 0 fully saturated rings. The molecule has 6 nitrogen and oxygen atoms in total. The van der Waals surface area contributed by atoms with Crippen LogP contribution in [0, 0.1) is 0 Å². The number of rotatable bonds is 46. The Morgan fingerprint density at radius 1 is 0.475 bits per heavy atom. The Hall–Kier alpha value is -2.18. The summed E-state index contributed by atoms with van der Waals surface area (Å²) in [6, 6.07) is -0.655. The normalized spacial score (nSPS) is 13.1. The van der Waals surface area contributed by atoms with Gasteiger partial charge >= 0.3 is 5.97 Å². The Morgan fingerprint density at radius 3 is 1.34 bits per heavy atom. The molecular weight excluding hydrogens is 731 g/mol. The molecule has 0 aliphatic rings. The van der Waals surface area contributed by atoms with E-state index in [2.05, 4.69) is 55.6 Å². The van der Waals surface area contributed by atoms with E-state index in [1.807, 2.05) is 6.08 Å². The third kappa shape index (κ3) is 45.2. The first-order valence-corrected chi connectivity index (χ1v) is 25.4. The molecule has 0 aliphatic carbocycles. The maximum absolute atomic E-state index is 12.4. The van der Waals surface area contributed by atoms with Crippen molar-refractivity contribution in [1.29, 1.82) is 0 Å². The van der Waals surface area contributed by atoms with Crippen LogP contribution < -0.4 is 5.32 Å². The van der Waals surface area contributed by atoms with E-state index in [-0.39, 0.29) is 18.5 Å². The van der Waals surface area contributed by atoms with Gasteiger partial charge in [0.15, 0.2) is 0 Å². The predicted octanol–water partition coefficient (Wildman–Crippen LogP) is 15.1. The second-order valence-electron chi connectivity index (χ2n) is 17.1. The van der Waals surface area contributed by atoms with Crippen molar-refractivity contribution in [2.75, 3.05) is 13.2 Å². The van der Waals surface area contributed by atoms with Gasteiger partial charge in [-0.15, -0.1) is 0 Å². The van der Waals surface area contributed by atoms with E-state index in [9.17, 15) is 19.8 Å². The zero-order valence-corrected chi connectivity index (χ0v) is 39.0. The number of ether oxygens (including phenoxy) is 1. The Morgan fingerprint density at radius 2 is 0.847 bits per heavy atom. The van der Waals surface area contributed by atoms with Crippen molar-refractivity contribution >= 4 is 11.9 Å². The van der Waals surface area contributed by atoms with E-state index < -0.39 is 12.1 Å². The molecule has 2 atom stereocenters. The molecule has 344 valence electrons. The second kappa shape index (κ2) is 48.5. The van der Waals surface area contributed by atoms with Crippen LogP contribution in [0.4, 0.5) is 0 Å². The summed E-state index contributed by atoms with van der Waals surface area (Å²) in [5.41, 5.74) is 0. The van der Waals surface area contributed by atoms with Crippen LogP contribution >= 0.6 is 0 Å². The highest BCUT2D eigenvalue weighted by Crippen LogP contribution is 2.15. The quantitative estimate of drug-likeness (QED) is 0.0323. The molecule has 0 rings (SSSR count). The number of hydrogen-bond donors (Lipinski definition) is 3. The zero-order chi connectivity index (χ0) is 43.0. The van der Waals surface area contributed by atoms with E-state index >= 15 is 0 Å². The molecule has 0 aromatic rings. The number of allylic oxidation sites excluding steroid dienone is 7. The van der Waals surface area contributed by atoms with Gasteiger partial charge in [-0.1, -0.05) is 197 Å². The number of esters is 1. The summed E-state index contributed by atoms with van der Waals surface area (Å²) in [7, 11) is 0. The molecule has 0 aromatic carbocycles. The van der Waals surface area contributed by atoms with Crippen LogP contribution in [0.15, 0.2) is 48.6 Å². The lowest BCUT2D eigenvalue weighted by atomic mass is 10.0. The minimum Gasteiger partial charge on any atom is -0.466 e. The van der Waals surface area contributed by atoms with E-state index in [4.69, 9.17) is 4.74 Å². The maximum Gasteiger partial charge on any atom is 0.305 e. The smallest absolute Gasteiger partial charge is 0.305 e. The first kappa shape index (κ1) is 56.8. The van der Waals surface area contributed by atoms with Gasteiger partial charge in [0.2, 0.25) is 5.91 Å². The van der Waals surface area contributed by atoms with Crippen molar-refractivity contribution in [2.45, 2.75) is 264 Å². The van der Waals surface area contributed by atoms with E-state index in [1.165, 1.54) is 135 Å². The predicted molar refractivity (Wildman–Crippen MR) is 255 cm³/mol. The summed E-state index contributed by atoms with van der Waals surface area (Å²) in [5, 5.41) is 23.0. The lowest BCUT2D eigenvalue weighted by molar-refractivity contribution is -0.143. The van der Waals surface area contributed by atoms with Gasteiger partial charge in [0, 0.05) is 12.8 Å². The molecule has 6 heteroatoms. The second-order valence-corrected chi connectivity index (χ2v) is 17.1. The SMILES string of the molecule is CCCCC/C=C\C/C=C\CCCCCCCC(=O)OCCCC/C=C\CCCCCCC(=O)NC(CO)C(O)/C=C/CCCCCCCCCCCCCCCCC. The number of aliphatic hydroxyl groups is 2. The highest BCUT2D eigenvalue weighted by Gasteiger charge is 2.18. The van der Waals surface area contributed by atoms with Crippen molar-refractivity contribution in [2.24, 2.45) is 0 Å². The molecular formula is C53H97NO5. The average molecular weight is 828 g/mol. The van der Waals surface area contributed by atoms with Gasteiger partial charge in [0.25, 0.3) is 0 Å². The molecule has 3 N–H and O–H groups in total. The van der Waals surface area contributed by atoms with Crippen LogP contribution in [0.2, 0.25) is 0 Å². The molecule has 59 heavy (non-hydrogen) atoms. The van der Waals surface area contributed by atoms with Gasteiger partial charge in [-0.25, -0.2) is 0 Å². The molecule has 0 aliphatic heterocycles. The number of unbranched alkanes of at least 4 members (excludes halogenated alkanes) is 29. The number of nitrogens with one attached hydrogen (secondary N) is 1. The Labute approximate surface area is 366 Å². The largest absolute Gasteiger partial charge is 0.466 e. The Balaban J connectivity index is 3.59.